The molecule has 0 fully saturated rings. The molecule has 0 aliphatic heterocycles. The van der Waals surface area contributed by atoms with Gasteiger partial charge in [0.1, 0.15) is 0 Å². The lowest BCUT2D eigenvalue weighted by atomic mass is 9.96. The van der Waals surface area contributed by atoms with Gasteiger partial charge in [0.15, 0.2) is 0 Å². The molecule has 0 saturated carbocycles. The highest BCUT2D eigenvalue weighted by atomic mass is 16.5. The lowest BCUT2D eigenvalue weighted by molar-refractivity contribution is -0.114. The number of nitrogens with zero attached hydrogens (tertiary/aromatic N) is 3. The van der Waals surface area contributed by atoms with Crippen LogP contribution in [0.3, 0.4) is 0 Å². The summed E-state index contributed by atoms with van der Waals surface area (Å²) in [6, 6.07) is 4.50. The number of carbonyl (C=O) groups excluding carboxylic acids is 1. The van der Waals surface area contributed by atoms with Crippen molar-refractivity contribution in [3.05, 3.63) is 41.2 Å². The summed E-state index contributed by atoms with van der Waals surface area (Å²) < 4.78 is 5.62. The van der Waals surface area contributed by atoms with E-state index < -0.39 is 0 Å². The smallest absolute Gasteiger partial charge is 0.298 e. The van der Waals surface area contributed by atoms with Crippen molar-refractivity contribution in [2.45, 2.75) is 40.2 Å². The Bertz CT molecular complexity index is 689. The third kappa shape index (κ3) is 5.76. The van der Waals surface area contributed by atoms with Crippen molar-refractivity contribution in [1.82, 2.24) is 4.90 Å². The average molecular weight is 357 g/mol. The van der Waals surface area contributed by atoms with Crippen molar-refractivity contribution < 1.29 is 9.53 Å². The summed E-state index contributed by atoms with van der Waals surface area (Å²) >= 11 is 0. The number of amidine groups is 1. The van der Waals surface area contributed by atoms with E-state index in [1.807, 2.05) is 32.9 Å². The second-order valence-corrected chi connectivity index (χ2v) is 6.46. The molecule has 0 heterocycles. The molecule has 26 heavy (non-hydrogen) atoms. The van der Waals surface area contributed by atoms with Crippen LogP contribution in [0.25, 0.3) is 12.2 Å². The summed E-state index contributed by atoms with van der Waals surface area (Å²) in [5, 5.41) is 0. The molecule has 1 rings (SSSR count). The fourth-order valence-corrected chi connectivity index (χ4v) is 2.61. The number of amides is 1. The van der Waals surface area contributed by atoms with Crippen LogP contribution in [-0.4, -0.2) is 44.5 Å². The zero-order valence-electron chi connectivity index (χ0n) is 17.0. The Labute approximate surface area is 157 Å². The Morgan fingerprint density at radius 3 is 2.42 bits per heavy atom. The molecule has 1 aromatic carbocycles. The minimum atomic E-state index is 0.0328. The van der Waals surface area contributed by atoms with Crippen LogP contribution in [0.15, 0.2) is 29.5 Å². The number of rotatable bonds is 7. The molecule has 0 bridgehead atoms. The maximum atomic E-state index is 11.0. The van der Waals surface area contributed by atoms with Crippen LogP contribution in [-0.2, 0) is 16.0 Å². The number of carbonyl (C=O) groups is 1. The van der Waals surface area contributed by atoms with Crippen molar-refractivity contribution in [3.8, 4) is 0 Å². The maximum Gasteiger partial charge on any atom is 0.298 e. The van der Waals surface area contributed by atoms with Gasteiger partial charge in [0.2, 0.25) is 6.41 Å². The molecule has 0 aromatic heterocycles. The summed E-state index contributed by atoms with van der Waals surface area (Å²) in [7, 11) is 5.72. The van der Waals surface area contributed by atoms with Crippen LogP contribution in [0, 0.1) is 0 Å². The number of anilines is 1. The molecule has 0 aliphatic carbocycles. The highest BCUT2D eigenvalue weighted by Gasteiger charge is 2.11. The highest BCUT2D eigenvalue weighted by Crippen LogP contribution is 2.28. The molecular weight excluding hydrogens is 326 g/mol. The zero-order chi connectivity index (χ0) is 19.7. The SMILES string of the molecule is C/C=C\c1c(/C=C/OC(=NC(C)C)N(C)C=O)ccc(N(C)C)c1CC. The molecule has 1 aromatic rings. The second kappa shape index (κ2) is 10.4. The number of benzene rings is 1. The third-order valence-electron chi connectivity index (χ3n) is 3.78. The first-order valence-corrected chi connectivity index (χ1v) is 8.90. The molecule has 0 unspecified atom stereocenters. The Morgan fingerprint density at radius 1 is 1.23 bits per heavy atom. The van der Waals surface area contributed by atoms with Gasteiger partial charge >= 0.3 is 0 Å². The standard InChI is InChI=1S/C21H31N3O2/c1-8-10-19-17(11-12-20(23(5)6)18(19)9-2)13-14-26-21(22-16(3)4)24(7)15-25/h8,10-16H,9H2,1-7H3/b10-8-,14-13+,22-21?. The number of aliphatic imine (C=N–C) groups is 1. The highest BCUT2D eigenvalue weighted by molar-refractivity contribution is 5.85. The summed E-state index contributed by atoms with van der Waals surface area (Å²) in [5.74, 6) is 0. The number of allylic oxidation sites excluding steroid dienone is 1. The van der Waals surface area contributed by atoms with Crippen LogP contribution in [0.1, 0.15) is 44.4 Å². The predicted molar refractivity (Wildman–Crippen MR) is 111 cm³/mol. The van der Waals surface area contributed by atoms with E-state index in [2.05, 4.69) is 49.1 Å². The lowest BCUT2D eigenvalue weighted by Crippen LogP contribution is -2.27. The van der Waals surface area contributed by atoms with Crippen LogP contribution >= 0.6 is 0 Å². The van der Waals surface area contributed by atoms with Crippen molar-refractivity contribution in [2.75, 3.05) is 26.0 Å². The average Bonchev–Trinajstić information content (AvgIpc) is 2.60. The fourth-order valence-electron chi connectivity index (χ4n) is 2.61. The van der Waals surface area contributed by atoms with E-state index in [1.54, 1.807) is 13.3 Å². The minimum absolute atomic E-state index is 0.0328. The van der Waals surface area contributed by atoms with Crippen molar-refractivity contribution in [1.29, 1.82) is 0 Å². The third-order valence-corrected chi connectivity index (χ3v) is 3.78. The van der Waals surface area contributed by atoms with Crippen molar-refractivity contribution >= 4 is 30.3 Å². The quantitative estimate of drug-likeness (QED) is 0.318. The first kappa shape index (κ1) is 21.5. The molecule has 5 nitrogen and oxygen atoms in total. The number of ether oxygens (including phenoxy) is 1. The molecule has 0 N–H and O–H groups in total. The van der Waals surface area contributed by atoms with Crippen LogP contribution < -0.4 is 4.90 Å². The molecule has 0 saturated heterocycles. The van der Waals surface area contributed by atoms with Gasteiger partial charge in [0.05, 0.1) is 6.26 Å². The van der Waals surface area contributed by atoms with Gasteiger partial charge in [-0.25, -0.2) is 4.99 Å². The second-order valence-electron chi connectivity index (χ2n) is 6.46. The van der Waals surface area contributed by atoms with Gasteiger partial charge in [0.25, 0.3) is 6.02 Å². The van der Waals surface area contributed by atoms with E-state index in [4.69, 9.17) is 4.74 Å². The Balaban J connectivity index is 3.23. The minimum Gasteiger partial charge on any atom is -0.434 e. The number of hydrogen-bond acceptors (Lipinski definition) is 4. The first-order chi connectivity index (χ1) is 12.3. The van der Waals surface area contributed by atoms with Crippen LogP contribution in [0.2, 0.25) is 0 Å². The molecule has 0 spiro atoms. The van der Waals surface area contributed by atoms with Gasteiger partial charge in [-0.1, -0.05) is 25.1 Å². The van der Waals surface area contributed by atoms with Crippen LogP contribution in [0.5, 0.6) is 0 Å². The zero-order valence-corrected chi connectivity index (χ0v) is 17.0. The molecular formula is C21H31N3O2. The maximum absolute atomic E-state index is 11.0. The van der Waals surface area contributed by atoms with Gasteiger partial charge in [-0.05, 0) is 56.0 Å². The summed E-state index contributed by atoms with van der Waals surface area (Å²) in [5.41, 5.74) is 4.73. The summed E-state index contributed by atoms with van der Waals surface area (Å²) in [6.07, 6.45) is 9.26. The van der Waals surface area contributed by atoms with Crippen molar-refractivity contribution in [2.24, 2.45) is 4.99 Å². The summed E-state index contributed by atoms with van der Waals surface area (Å²) in [6.45, 7) is 8.04. The van der Waals surface area contributed by atoms with E-state index in [-0.39, 0.29) is 12.1 Å². The molecule has 5 heteroatoms. The normalized spacial score (nSPS) is 12.2. The Morgan fingerprint density at radius 2 is 1.92 bits per heavy atom. The summed E-state index contributed by atoms with van der Waals surface area (Å²) in [4.78, 5) is 18.8. The molecule has 0 atom stereocenters. The lowest BCUT2D eigenvalue weighted by Gasteiger charge is -2.20. The van der Waals surface area contributed by atoms with E-state index in [9.17, 15) is 4.79 Å². The van der Waals surface area contributed by atoms with E-state index in [1.165, 1.54) is 21.7 Å². The predicted octanol–water partition coefficient (Wildman–Crippen LogP) is 4.19. The van der Waals surface area contributed by atoms with Gasteiger partial charge in [-0.15, -0.1) is 0 Å². The van der Waals surface area contributed by atoms with E-state index in [0.717, 1.165) is 12.0 Å². The Hall–Kier alpha value is -2.56. The molecule has 0 aliphatic rings. The first-order valence-electron chi connectivity index (χ1n) is 8.90. The van der Waals surface area contributed by atoms with E-state index in [0.29, 0.717) is 6.41 Å². The Kier molecular flexibility index (Phi) is 8.62. The molecule has 142 valence electrons. The molecule has 1 amide bonds. The fraction of sp³-hybridized carbons (Fsp3) is 0.429. The largest absolute Gasteiger partial charge is 0.434 e. The van der Waals surface area contributed by atoms with Crippen molar-refractivity contribution in [3.63, 3.8) is 0 Å². The van der Waals surface area contributed by atoms with Gasteiger partial charge in [0, 0.05) is 32.9 Å². The molecule has 0 radical (unpaired) electrons. The monoisotopic (exact) mass is 357 g/mol. The van der Waals surface area contributed by atoms with Gasteiger partial charge < -0.3 is 9.64 Å². The van der Waals surface area contributed by atoms with E-state index >= 15 is 0 Å². The van der Waals surface area contributed by atoms with Gasteiger partial charge in [-0.2, -0.15) is 0 Å². The topological polar surface area (TPSA) is 45.1 Å². The number of hydrogen-bond donors (Lipinski definition) is 0. The van der Waals surface area contributed by atoms with Crippen LogP contribution in [0.4, 0.5) is 5.69 Å². The van der Waals surface area contributed by atoms with Gasteiger partial charge in [-0.3, -0.25) is 9.69 Å².